The highest BCUT2D eigenvalue weighted by Crippen LogP contribution is 2.32. The summed E-state index contributed by atoms with van der Waals surface area (Å²) < 4.78 is 5.74. The molecule has 0 aromatic heterocycles. The van der Waals surface area contributed by atoms with E-state index in [9.17, 15) is 4.79 Å². The van der Waals surface area contributed by atoms with E-state index >= 15 is 0 Å². The Hall–Kier alpha value is -0.410. The van der Waals surface area contributed by atoms with Gasteiger partial charge in [0, 0.05) is 31.5 Å². The van der Waals surface area contributed by atoms with Crippen molar-refractivity contribution in [2.45, 2.75) is 64.8 Å². The van der Waals surface area contributed by atoms with E-state index in [0.717, 1.165) is 57.9 Å². The first kappa shape index (κ1) is 16.0. The van der Waals surface area contributed by atoms with Crippen molar-refractivity contribution in [2.24, 2.45) is 11.8 Å². The van der Waals surface area contributed by atoms with E-state index < -0.39 is 0 Å². The number of ketones is 1. The second-order valence-corrected chi connectivity index (χ2v) is 6.86. The van der Waals surface area contributed by atoms with E-state index in [0.29, 0.717) is 17.7 Å². The van der Waals surface area contributed by atoms with Crippen molar-refractivity contribution in [1.82, 2.24) is 4.90 Å². The number of carbonyl (C=O) groups is 1. The summed E-state index contributed by atoms with van der Waals surface area (Å²) in [5.41, 5.74) is 0. The van der Waals surface area contributed by atoms with Crippen molar-refractivity contribution in [1.29, 1.82) is 0 Å². The van der Waals surface area contributed by atoms with Gasteiger partial charge in [0.05, 0.1) is 6.61 Å². The van der Waals surface area contributed by atoms with Crippen LogP contribution in [0.1, 0.15) is 58.8 Å². The van der Waals surface area contributed by atoms with Gasteiger partial charge in [-0.15, -0.1) is 0 Å². The molecule has 3 nitrogen and oxygen atoms in total. The first-order valence-electron chi connectivity index (χ1n) is 8.53. The van der Waals surface area contributed by atoms with Crippen LogP contribution in [0.15, 0.2) is 0 Å². The van der Waals surface area contributed by atoms with Crippen molar-refractivity contribution >= 4 is 5.78 Å². The summed E-state index contributed by atoms with van der Waals surface area (Å²) in [5, 5.41) is 0. The minimum absolute atomic E-state index is 0.321. The maximum absolute atomic E-state index is 12.1. The topological polar surface area (TPSA) is 29.5 Å². The highest BCUT2D eigenvalue weighted by Gasteiger charge is 2.36. The molecule has 20 heavy (non-hydrogen) atoms. The van der Waals surface area contributed by atoms with Gasteiger partial charge in [-0.25, -0.2) is 0 Å². The third-order valence-corrected chi connectivity index (χ3v) is 4.84. The average Bonchev–Trinajstić information content (AvgIpc) is 2.87. The zero-order valence-electron chi connectivity index (χ0n) is 13.3. The highest BCUT2D eigenvalue weighted by molar-refractivity contribution is 5.82. The molecule has 0 radical (unpaired) electrons. The van der Waals surface area contributed by atoms with Gasteiger partial charge in [-0.05, 0) is 44.6 Å². The van der Waals surface area contributed by atoms with E-state index in [1.54, 1.807) is 0 Å². The normalized spacial score (nSPS) is 28.4. The Morgan fingerprint density at radius 2 is 2.05 bits per heavy atom. The summed E-state index contributed by atoms with van der Waals surface area (Å²) in [6.45, 7) is 8.32. The van der Waals surface area contributed by atoms with Gasteiger partial charge in [0.25, 0.3) is 0 Å². The van der Waals surface area contributed by atoms with Crippen molar-refractivity contribution in [3.8, 4) is 0 Å². The number of Topliss-reactive ketones (excluding diaryl/α,β-unsaturated/α-hetero) is 1. The maximum atomic E-state index is 12.1. The lowest BCUT2D eigenvalue weighted by Gasteiger charge is -2.33. The molecule has 0 N–H and O–H groups in total. The fourth-order valence-corrected chi connectivity index (χ4v) is 3.60. The molecule has 0 aromatic rings. The van der Waals surface area contributed by atoms with Gasteiger partial charge in [-0.1, -0.05) is 20.3 Å². The predicted molar refractivity (Wildman–Crippen MR) is 81.8 cm³/mol. The van der Waals surface area contributed by atoms with Crippen LogP contribution < -0.4 is 0 Å². The zero-order valence-corrected chi connectivity index (χ0v) is 13.3. The molecule has 1 aliphatic carbocycles. The minimum Gasteiger partial charge on any atom is -0.380 e. The molecule has 1 heterocycles. The monoisotopic (exact) mass is 281 g/mol. The van der Waals surface area contributed by atoms with Crippen molar-refractivity contribution in [3.63, 3.8) is 0 Å². The van der Waals surface area contributed by atoms with Gasteiger partial charge < -0.3 is 4.74 Å². The SMILES string of the molecule is CC(C)CCOCCN1CCCC1C1CCCCC1=O. The molecule has 2 aliphatic rings. The molecule has 2 rings (SSSR count). The Balaban J connectivity index is 1.71. The molecule has 3 heteroatoms. The molecule has 1 saturated carbocycles. The molecule has 0 aromatic carbocycles. The number of hydrogen-bond donors (Lipinski definition) is 0. The van der Waals surface area contributed by atoms with Gasteiger partial charge in [0.15, 0.2) is 0 Å². The van der Waals surface area contributed by atoms with Gasteiger partial charge >= 0.3 is 0 Å². The summed E-state index contributed by atoms with van der Waals surface area (Å²) in [7, 11) is 0. The predicted octanol–water partition coefficient (Wildman–Crippen LogP) is 3.27. The van der Waals surface area contributed by atoms with Crippen LogP contribution in [-0.4, -0.2) is 43.0 Å². The van der Waals surface area contributed by atoms with Gasteiger partial charge in [0.2, 0.25) is 0 Å². The molecular weight excluding hydrogens is 250 g/mol. The molecule has 0 bridgehead atoms. The van der Waals surface area contributed by atoms with Crippen molar-refractivity contribution in [2.75, 3.05) is 26.3 Å². The van der Waals surface area contributed by atoms with Crippen molar-refractivity contribution < 1.29 is 9.53 Å². The molecule has 2 atom stereocenters. The van der Waals surface area contributed by atoms with Crippen LogP contribution in [0.3, 0.4) is 0 Å². The van der Waals surface area contributed by atoms with E-state index in [-0.39, 0.29) is 0 Å². The summed E-state index contributed by atoms with van der Waals surface area (Å²) in [4.78, 5) is 14.6. The first-order valence-corrected chi connectivity index (χ1v) is 8.53. The van der Waals surface area contributed by atoms with Crippen LogP contribution in [0.25, 0.3) is 0 Å². The van der Waals surface area contributed by atoms with Crippen LogP contribution in [0, 0.1) is 11.8 Å². The van der Waals surface area contributed by atoms with E-state index in [1.807, 2.05) is 0 Å². The number of carbonyl (C=O) groups excluding carboxylic acids is 1. The Bertz CT molecular complexity index is 303. The lowest BCUT2D eigenvalue weighted by molar-refractivity contribution is -0.126. The third-order valence-electron chi connectivity index (χ3n) is 4.84. The van der Waals surface area contributed by atoms with Crippen molar-refractivity contribution in [3.05, 3.63) is 0 Å². The maximum Gasteiger partial charge on any atom is 0.137 e. The second kappa shape index (κ2) is 8.14. The van der Waals surface area contributed by atoms with E-state index in [1.165, 1.54) is 19.3 Å². The Morgan fingerprint density at radius 1 is 1.20 bits per heavy atom. The Morgan fingerprint density at radius 3 is 2.80 bits per heavy atom. The molecule has 2 unspecified atom stereocenters. The summed E-state index contributed by atoms with van der Waals surface area (Å²) in [5.74, 6) is 1.56. The lowest BCUT2D eigenvalue weighted by atomic mass is 9.82. The first-order chi connectivity index (χ1) is 9.68. The number of rotatable bonds is 7. The smallest absolute Gasteiger partial charge is 0.137 e. The fraction of sp³-hybridized carbons (Fsp3) is 0.941. The largest absolute Gasteiger partial charge is 0.380 e. The van der Waals surface area contributed by atoms with E-state index in [2.05, 4.69) is 18.7 Å². The number of ether oxygens (including phenoxy) is 1. The number of hydrogen-bond acceptors (Lipinski definition) is 3. The van der Waals surface area contributed by atoms with Gasteiger partial charge in [0.1, 0.15) is 5.78 Å². The number of likely N-dealkylation sites (tertiary alicyclic amines) is 1. The van der Waals surface area contributed by atoms with Gasteiger partial charge in [-0.2, -0.15) is 0 Å². The molecular formula is C17H31NO2. The Labute approximate surface area is 124 Å². The number of nitrogens with zero attached hydrogens (tertiary/aromatic N) is 1. The van der Waals surface area contributed by atoms with Crippen LogP contribution in [0.2, 0.25) is 0 Å². The van der Waals surface area contributed by atoms with E-state index in [4.69, 9.17) is 4.74 Å². The minimum atomic E-state index is 0.321. The summed E-state index contributed by atoms with van der Waals surface area (Å²) in [6.07, 6.45) is 7.90. The third kappa shape index (κ3) is 4.56. The second-order valence-electron chi connectivity index (χ2n) is 6.86. The molecule has 0 spiro atoms. The summed E-state index contributed by atoms with van der Waals surface area (Å²) >= 11 is 0. The molecule has 1 aliphatic heterocycles. The average molecular weight is 281 g/mol. The standard InChI is InChI=1S/C17H31NO2/c1-14(2)9-12-20-13-11-18-10-5-7-16(18)15-6-3-4-8-17(15)19/h14-16H,3-13H2,1-2H3. The quantitative estimate of drug-likeness (QED) is 0.671. The lowest BCUT2D eigenvalue weighted by Crippen LogP contribution is -2.42. The molecule has 116 valence electrons. The summed E-state index contributed by atoms with van der Waals surface area (Å²) in [6, 6.07) is 0.511. The molecule has 2 fully saturated rings. The van der Waals surface area contributed by atoms with Crippen LogP contribution >= 0.6 is 0 Å². The van der Waals surface area contributed by atoms with Crippen LogP contribution in [0.5, 0.6) is 0 Å². The fourth-order valence-electron chi connectivity index (χ4n) is 3.60. The molecule has 0 amide bonds. The zero-order chi connectivity index (χ0) is 14.4. The van der Waals surface area contributed by atoms with Gasteiger partial charge in [-0.3, -0.25) is 9.69 Å². The Kier molecular flexibility index (Phi) is 6.50. The van der Waals surface area contributed by atoms with Crippen LogP contribution in [0.4, 0.5) is 0 Å². The van der Waals surface area contributed by atoms with Crippen LogP contribution in [-0.2, 0) is 9.53 Å². The molecule has 1 saturated heterocycles. The highest BCUT2D eigenvalue weighted by atomic mass is 16.5.